The van der Waals surface area contributed by atoms with Gasteiger partial charge >= 0.3 is 5.97 Å². The van der Waals surface area contributed by atoms with Gasteiger partial charge in [-0.25, -0.2) is 9.78 Å². The van der Waals surface area contributed by atoms with E-state index in [0.717, 1.165) is 28.1 Å². The molecule has 6 aromatic carbocycles. The SMILES string of the molecule is NC(N)C=S.O=C(OC(C(=O)c1ccccc1)c1ccccc1)c1ccccc1.c1ccc(-c2nc(-c3ccccc3)c(-c3ccccc3)o2)cc1. The lowest BCUT2D eigenvalue weighted by molar-refractivity contribution is 0.0280. The molecule has 7 nitrogen and oxygen atoms in total. The monoisotopic (exact) mass is 703 g/mol. The van der Waals surface area contributed by atoms with E-state index < -0.39 is 18.2 Å². The highest BCUT2D eigenvalue weighted by molar-refractivity contribution is 7.79. The van der Waals surface area contributed by atoms with Crippen molar-refractivity contribution in [1.29, 1.82) is 0 Å². The van der Waals surface area contributed by atoms with E-state index >= 15 is 0 Å². The molecule has 7 rings (SSSR count). The van der Waals surface area contributed by atoms with Crippen molar-refractivity contribution in [2.75, 3.05) is 0 Å². The van der Waals surface area contributed by atoms with Gasteiger partial charge in [-0.05, 0) is 24.3 Å². The van der Waals surface area contributed by atoms with E-state index in [4.69, 9.17) is 25.6 Å². The van der Waals surface area contributed by atoms with Crippen molar-refractivity contribution in [3.63, 3.8) is 0 Å². The molecule has 0 aliphatic rings. The summed E-state index contributed by atoms with van der Waals surface area (Å²) in [6, 6.07) is 56.8. The normalized spacial score (nSPS) is 10.8. The summed E-state index contributed by atoms with van der Waals surface area (Å²) >= 11 is 4.30. The van der Waals surface area contributed by atoms with Gasteiger partial charge in [-0.15, -0.1) is 0 Å². The van der Waals surface area contributed by atoms with Crippen molar-refractivity contribution in [3.05, 3.63) is 199 Å². The van der Waals surface area contributed by atoms with Crippen LogP contribution in [0.2, 0.25) is 0 Å². The van der Waals surface area contributed by atoms with Crippen LogP contribution in [0.3, 0.4) is 0 Å². The number of oxazole rings is 1. The molecular weight excluding hydrogens is 667 g/mol. The van der Waals surface area contributed by atoms with Gasteiger partial charge in [0, 0.05) is 33.2 Å². The smallest absolute Gasteiger partial charge is 0.339 e. The van der Waals surface area contributed by atoms with Crippen LogP contribution in [-0.2, 0) is 4.74 Å². The van der Waals surface area contributed by atoms with E-state index in [1.54, 1.807) is 60.7 Å². The molecule has 0 bridgehead atoms. The second-order valence-electron chi connectivity index (χ2n) is 11.3. The molecular formula is C44H37N3O4S. The van der Waals surface area contributed by atoms with Crippen molar-refractivity contribution in [1.82, 2.24) is 4.98 Å². The van der Waals surface area contributed by atoms with Crippen LogP contribution in [0.4, 0.5) is 0 Å². The van der Waals surface area contributed by atoms with Crippen LogP contribution < -0.4 is 11.5 Å². The Labute approximate surface area is 308 Å². The Morgan fingerprint density at radius 3 is 1.46 bits per heavy atom. The van der Waals surface area contributed by atoms with E-state index in [-0.39, 0.29) is 5.78 Å². The molecule has 7 aromatic rings. The molecule has 0 aliphatic heterocycles. The molecule has 1 aromatic heterocycles. The molecule has 52 heavy (non-hydrogen) atoms. The zero-order valence-electron chi connectivity index (χ0n) is 28.2. The minimum atomic E-state index is -0.971. The lowest BCUT2D eigenvalue weighted by Crippen LogP contribution is -2.30. The maximum Gasteiger partial charge on any atom is 0.339 e. The zero-order valence-corrected chi connectivity index (χ0v) is 29.0. The minimum absolute atomic E-state index is 0.244. The van der Waals surface area contributed by atoms with Crippen LogP contribution in [0.15, 0.2) is 186 Å². The predicted molar refractivity (Wildman–Crippen MR) is 210 cm³/mol. The summed E-state index contributed by atoms with van der Waals surface area (Å²) in [5.74, 6) is 0.679. The lowest BCUT2D eigenvalue weighted by Gasteiger charge is -2.17. The van der Waals surface area contributed by atoms with Crippen LogP contribution in [0, 0.1) is 0 Å². The number of carbonyl (C=O) groups is 2. The number of thiocarbonyl (C=S) groups is 1. The highest BCUT2D eigenvalue weighted by Crippen LogP contribution is 2.35. The molecule has 0 fully saturated rings. The van der Waals surface area contributed by atoms with E-state index in [0.29, 0.717) is 22.6 Å². The maximum atomic E-state index is 12.8. The molecule has 0 aliphatic carbocycles. The fourth-order valence-electron chi connectivity index (χ4n) is 5.01. The summed E-state index contributed by atoms with van der Waals surface area (Å²) < 4.78 is 11.7. The average Bonchev–Trinajstić information content (AvgIpc) is 3.68. The van der Waals surface area contributed by atoms with Gasteiger partial charge in [0.25, 0.3) is 0 Å². The van der Waals surface area contributed by atoms with Gasteiger partial charge < -0.3 is 20.6 Å². The standard InChI is InChI=1S/C21H15NO.C21H16O3.C2H6N2S/c1-4-10-16(11-5-1)19-20(17-12-6-2-7-13-17)23-21(22-19)18-14-8-3-9-15-18;22-19(16-10-4-1-5-11-16)20(17-12-6-2-7-13-17)24-21(23)18-14-8-3-9-15-18;3-2(4)1-5/h1-15H;1-15,20H;1-2H,3-4H2. The van der Waals surface area contributed by atoms with Crippen LogP contribution >= 0.6 is 12.2 Å². The Morgan fingerprint density at radius 2 is 0.981 bits per heavy atom. The highest BCUT2D eigenvalue weighted by atomic mass is 32.1. The molecule has 0 saturated carbocycles. The Kier molecular flexibility index (Phi) is 13.6. The van der Waals surface area contributed by atoms with Crippen molar-refractivity contribution in [2.45, 2.75) is 12.3 Å². The van der Waals surface area contributed by atoms with Gasteiger partial charge in [0.05, 0.1) is 11.7 Å². The van der Waals surface area contributed by atoms with Gasteiger partial charge in [-0.2, -0.15) is 0 Å². The van der Waals surface area contributed by atoms with Crippen molar-refractivity contribution >= 4 is 29.3 Å². The molecule has 0 saturated heterocycles. The first-order valence-corrected chi connectivity index (χ1v) is 17.0. The first-order chi connectivity index (χ1) is 25.4. The minimum Gasteiger partial charge on any atom is -0.445 e. The molecule has 1 heterocycles. The molecule has 1 unspecified atom stereocenters. The summed E-state index contributed by atoms with van der Waals surface area (Å²) in [5.41, 5.74) is 15.3. The van der Waals surface area contributed by atoms with Crippen LogP contribution in [0.25, 0.3) is 34.0 Å². The fourth-order valence-corrected chi connectivity index (χ4v) is 5.01. The molecule has 8 heteroatoms. The van der Waals surface area contributed by atoms with Gasteiger partial charge in [0.2, 0.25) is 11.7 Å². The summed E-state index contributed by atoms with van der Waals surface area (Å²) in [7, 11) is 0. The number of hydrogen-bond acceptors (Lipinski definition) is 8. The number of nitrogens with two attached hydrogens (primary N) is 2. The number of Topliss-reactive ketones (excluding diaryl/α,β-unsaturated/α-hetero) is 1. The van der Waals surface area contributed by atoms with Gasteiger partial charge in [-0.1, -0.05) is 170 Å². The maximum absolute atomic E-state index is 12.8. The van der Waals surface area contributed by atoms with Gasteiger partial charge in [0.15, 0.2) is 11.9 Å². The van der Waals surface area contributed by atoms with Crippen LogP contribution in [0.1, 0.15) is 32.4 Å². The Morgan fingerprint density at radius 1 is 0.577 bits per heavy atom. The third-order valence-electron chi connectivity index (χ3n) is 7.52. The van der Waals surface area contributed by atoms with Gasteiger partial charge in [-0.3, -0.25) is 4.79 Å². The number of carbonyl (C=O) groups excluding carboxylic acids is 2. The molecule has 258 valence electrons. The Hall–Kier alpha value is -6.32. The Bertz CT molecular complexity index is 2070. The first kappa shape index (κ1) is 36.9. The van der Waals surface area contributed by atoms with Crippen molar-refractivity contribution in [3.8, 4) is 34.0 Å². The van der Waals surface area contributed by atoms with E-state index in [2.05, 4.69) is 24.4 Å². The number of rotatable bonds is 9. The highest BCUT2D eigenvalue weighted by Gasteiger charge is 2.26. The number of hydrogen-bond donors (Lipinski definition) is 2. The number of benzene rings is 6. The third-order valence-corrected chi connectivity index (χ3v) is 7.84. The van der Waals surface area contributed by atoms with Gasteiger partial charge in [0.1, 0.15) is 5.69 Å². The van der Waals surface area contributed by atoms with Crippen molar-refractivity contribution < 1.29 is 18.7 Å². The summed E-state index contributed by atoms with van der Waals surface area (Å²) in [5, 5.41) is 1.31. The Balaban J connectivity index is 0.000000178. The van der Waals surface area contributed by atoms with E-state index in [1.807, 2.05) is 109 Å². The molecule has 1 atom stereocenters. The first-order valence-electron chi connectivity index (χ1n) is 16.5. The van der Waals surface area contributed by atoms with E-state index in [9.17, 15) is 9.59 Å². The van der Waals surface area contributed by atoms with Crippen molar-refractivity contribution in [2.24, 2.45) is 11.5 Å². The number of aromatic nitrogens is 1. The summed E-state index contributed by atoms with van der Waals surface area (Å²) in [6.45, 7) is 0. The molecule has 0 amide bonds. The topological polar surface area (TPSA) is 121 Å². The quantitative estimate of drug-likeness (QED) is 0.0660. The second kappa shape index (κ2) is 19.2. The fraction of sp³-hybridized carbons (Fsp3) is 0.0455. The molecule has 4 N–H and O–H groups in total. The zero-order chi connectivity index (χ0) is 36.5. The number of ether oxygens (including phenoxy) is 1. The summed E-state index contributed by atoms with van der Waals surface area (Å²) in [4.78, 5) is 30.0. The number of esters is 1. The summed E-state index contributed by atoms with van der Waals surface area (Å²) in [6.07, 6.45) is -1.40. The lowest BCUT2D eigenvalue weighted by atomic mass is 10.00. The third kappa shape index (κ3) is 10.3. The predicted octanol–water partition coefficient (Wildman–Crippen LogP) is 9.37. The second-order valence-corrected chi connectivity index (χ2v) is 11.6. The molecule has 0 radical (unpaired) electrons. The number of nitrogens with zero attached hydrogens (tertiary/aromatic N) is 1. The van der Waals surface area contributed by atoms with Crippen LogP contribution in [-0.4, -0.2) is 28.3 Å². The number of ketones is 1. The molecule has 0 spiro atoms. The van der Waals surface area contributed by atoms with Crippen LogP contribution in [0.5, 0.6) is 0 Å². The average molecular weight is 704 g/mol. The largest absolute Gasteiger partial charge is 0.445 e. The van der Waals surface area contributed by atoms with E-state index in [1.165, 1.54) is 5.37 Å².